The van der Waals surface area contributed by atoms with Gasteiger partial charge in [-0.25, -0.2) is 0 Å². The molecular formula is C13H18N2O. The third-order valence-electron chi connectivity index (χ3n) is 3.42. The molecule has 1 unspecified atom stereocenters. The smallest absolute Gasteiger partial charge is 0.119 e. The topological polar surface area (TPSA) is 38.5 Å². The van der Waals surface area contributed by atoms with E-state index in [4.69, 9.17) is 10.5 Å². The Hall–Kier alpha value is -1.22. The van der Waals surface area contributed by atoms with Gasteiger partial charge in [0.1, 0.15) is 11.9 Å². The number of likely N-dealkylation sites (tertiary alicyclic amines) is 1. The summed E-state index contributed by atoms with van der Waals surface area (Å²) in [7, 11) is 0. The van der Waals surface area contributed by atoms with E-state index in [9.17, 15) is 0 Å². The number of hydrogen-bond donors (Lipinski definition) is 1. The van der Waals surface area contributed by atoms with Crippen molar-refractivity contribution < 1.29 is 4.74 Å². The SMILES string of the molecule is Nc1ccc(OC2CCN(C3CC3)C2)cc1. The molecular weight excluding hydrogens is 200 g/mol. The van der Waals surface area contributed by atoms with Crippen LogP contribution in [0.15, 0.2) is 24.3 Å². The van der Waals surface area contributed by atoms with Crippen LogP contribution in [0.25, 0.3) is 0 Å². The van der Waals surface area contributed by atoms with Gasteiger partial charge in [-0.3, -0.25) is 4.90 Å². The van der Waals surface area contributed by atoms with Crippen LogP contribution in [0.4, 0.5) is 5.69 Å². The van der Waals surface area contributed by atoms with Gasteiger partial charge in [0, 0.05) is 24.8 Å². The molecule has 1 heterocycles. The second-order valence-electron chi connectivity index (χ2n) is 4.82. The molecule has 2 aliphatic rings. The first-order chi connectivity index (χ1) is 7.81. The quantitative estimate of drug-likeness (QED) is 0.787. The van der Waals surface area contributed by atoms with Gasteiger partial charge in [-0.1, -0.05) is 0 Å². The van der Waals surface area contributed by atoms with Gasteiger partial charge in [0.05, 0.1) is 0 Å². The average Bonchev–Trinajstić information content (AvgIpc) is 3.04. The maximum Gasteiger partial charge on any atom is 0.119 e. The summed E-state index contributed by atoms with van der Waals surface area (Å²) in [5.74, 6) is 0.942. The Morgan fingerprint density at radius 3 is 2.56 bits per heavy atom. The van der Waals surface area contributed by atoms with E-state index in [-0.39, 0.29) is 0 Å². The van der Waals surface area contributed by atoms with Gasteiger partial charge >= 0.3 is 0 Å². The second kappa shape index (κ2) is 3.98. The summed E-state index contributed by atoms with van der Waals surface area (Å²) in [5.41, 5.74) is 6.43. The fraction of sp³-hybridized carbons (Fsp3) is 0.538. The van der Waals surface area contributed by atoms with Gasteiger partial charge in [0.25, 0.3) is 0 Å². The lowest BCUT2D eigenvalue weighted by Gasteiger charge is -2.16. The third-order valence-corrected chi connectivity index (χ3v) is 3.42. The molecule has 1 saturated heterocycles. The minimum Gasteiger partial charge on any atom is -0.489 e. The number of hydrogen-bond acceptors (Lipinski definition) is 3. The zero-order valence-corrected chi connectivity index (χ0v) is 9.43. The maximum absolute atomic E-state index is 5.94. The lowest BCUT2D eigenvalue weighted by Crippen LogP contribution is -2.26. The van der Waals surface area contributed by atoms with Crippen molar-refractivity contribution in [3.05, 3.63) is 24.3 Å². The average molecular weight is 218 g/mol. The number of ether oxygens (including phenoxy) is 1. The minimum atomic E-state index is 0.365. The normalized spacial score (nSPS) is 25.9. The highest BCUT2D eigenvalue weighted by atomic mass is 16.5. The first-order valence-electron chi connectivity index (χ1n) is 6.07. The van der Waals surface area contributed by atoms with Crippen LogP contribution < -0.4 is 10.5 Å². The molecule has 2 N–H and O–H groups in total. The molecule has 3 heteroatoms. The zero-order valence-electron chi connectivity index (χ0n) is 9.43. The maximum atomic E-state index is 5.94. The Kier molecular flexibility index (Phi) is 2.48. The van der Waals surface area contributed by atoms with E-state index in [1.165, 1.54) is 19.4 Å². The molecule has 1 atom stereocenters. The first kappa shape index (κ1) is 9.97. The van der Waals surface area contributed by atoms with Crippen LogP contribution in [-0.2, 0) is 0 Å². The summed E-state index contributed by atoms with van der Waals surface area (Å²) in [6.07, 6.45) is 4.29. The Morgan fingerprint density at radius 2 is 1.88 bits per heavy atom. The number of nitrogen functional groups attached to an aromatic ring is 1. The molecule has 0 radical (unpaired) electrons. The molecule has 1 aromatic carbocycles. The third kappa shape index (κ3) is 2.14. The predicted octanol–water partition coefficient (Wildman–Crippen LogP) is 1.88. The summed E-state index contributed by atoms with van der Waals surface area (Å²) in [4.78, 5) is 2.56. The largest absolute Gasteiger partial charge is 0.489 e. The summed E-state index contributed by atoms with van der Waals surface area (Å²) in [6, 6.07) is 8.55. The fourth-order valence-electron chi connectivity index (χ4n) is 2.36. The molecule has 16 heavy (non-hydrogen) atoms. The van der Waals surface area contributed by atoms with Crippen molar-refractivity contribution in [1.82, 2.24) is 4.90 Å². The minimum absolute atomic E-state index is 0.365. The molecule has 1 saturated carbocycles. The summed E-state index contributed by atoms with van der Waals surface area (Å²) in [6.45, 7) is 2.29. The Bertz CT molecular complexity index is 359. The van der Waals surface area contributed by atoms with E-state index in [0.717, 1.165) is 30.4 Å². The summed E-state index contributed by atoms with van der Waals surface area (Å²) >= 11 is 0. The molecule has 0 amide bonds. The Morgan fingerprint density at radius 1 is 1.12 bits per heavy atom. The molecule has 86 valence electrons. The van der Waals surface area contributed by atoms with Gasteiger partial charge < -0.3 is 10.5 Å². The molecule has 1 aromatic rings. The summed E-state index contributed by atoms with van der Waals surface area (Å²) < 4.78 is 5.94. The van der Waals surface area contributed by atoms with Crippen LogP contribution >= 0.6 is 0 Å². The predicted molar refractivity (Wildman–Crippen MR) is 64.5 cm³/mol. The lowest BCUT2D eigenvalue weighted by molar-refractivity contribution is 0.198. The van der Waals surface area contributed by atoms with Crippen molar-refractivity contribution in [2.75, 3.05) is 18.8 Å². The van der Waals surface area contributed by atoms with Crippen LogP contribution in [0.5, 0.6) is 5.75 Å². The lowest BCUT2D eigenvalue weighted by atomic mass is 10.3. The van der Waals surface area contributed by atoms with E-state index in [2.05, 4.69) is 4.90 Å². The number of nitrogens with two attached hydrogens (primary N) is 1. The van der Waals surface area contributed by atoms with Crippen LogP contribution in [0, 0.1) is 0 Å². The van der Waals surface area contributed by atoms with Gasteiger partial charge in [-0.2, -0.15) is 0 Å². The van der Waals surface area contributed by atoms with Gasteiger partial charge in [-0.15, -0.1) is 0 Å². The van der Waals surface area contributed by atoms with E-state index >= 15 is 0 Å². The highest BCUT2D eigenvalue weighted by Crippen LogP contribution is 2.31. The Labute approximate surface area is 96.2 Å². The fourth-order valence-corrected chi connectivity index (χ4v) is 2.36. The number of nitrogens with zero attached hydrogens (tertiary/aromatic N) is 1. The molecule has 0 aromatic heterocycles. The van der Waals surface area contributed by atoms with E-state index in [1.807, 2.05) is 24.3 Å². The first-order valence-corrected chi connectivity index (χ1v) is 6.07. The highest BCUT2D eigenvalue weighted by Gasteiger charge is 2.35. The van der Waals surface area contributed by atoms with Gasteiger partial charge in [-0.05, 0) is 43.5 Å². The molecule has 3 rings (SSSR count). The number of benzene rings is 1. The highest BCUT2D eigenvalue weighted by molar-refractivity contribution is 5.41. The zero-order chi connectivity index (χ0) is 11.0. The summed E-state index contributed by atoms with van der Waals surface area (Å²) in [5, 5.41) is 0. The van der Waals surface area contributed by atoms with E-state index in [1.54, 1.807) is 0 Å². The molecule has 2 fully saturated rings. The molecule has 0 spiro atoms. The van der Waals surface area contributed by atoms with Crippen molar-refractivity contribution in [1.29, 1.82) is 0 Å². The van der Waals surface area contributed by atoms with Crippen LogP contribution in [0.1, 0.15) is 19.3 Å². The van der Waals surface area contributed by atoms with Crippen molar-refractivity contribution in [2.45, 2.75) is 31.4 Å². The number of rotatable bonds is 3. The van der Waals surface area contributed by atoms with Crippen molar-refractivity contribution in [3.63, 3.8) is 0 Å². The molecule has 3 nitrogen and oxygen atoms in total. The van der Waals surface area contributed by atoms with Gasteiger partial charge in [0.2, 0.25) is 0 Å². The monoisotopic (exact) mass is 218 g/mol. The standard InChI is InChI=1S/C13H18N2O/c14-10-1-5-12(6-2-10)16-13-7-8-15(9-13)11-3-4-11/h1-2,5-6,11,13H,3-4,7-9,14H2. The van der Waals surface area contributed by atoms with E-state index < -0.39 is 0 Å². The van der Waals surface area contributed by atoms with Crippen molar-refractivity contribution >= 4 is 5.69 Å². The van der Waals surface area contributed by atoms with Crippen LogP contribution in [0.2, 0.25) is 0 Å². The van der Waals surface area contributed by atoms with Crippen LogP contribution in [-0.4, -0.2) is 30.1 Å². The van der Waals surface area contributed by atoms with Crippen LogP contribution in [0.3, 0.4) is 0 Å². The second-order valence-corrected chi connectivity index (χ2v) is 4.82. The molecule has 1 aliphatic heterocycles. The number of anilines is 1. The molecule has 0 bridgehead atoms. The van der Waals surface area contributed by atoms with Crippen molar-refractivity contribution in [2.24, 2.45) is 0 Å². The van der Waals surface area contributed by atoms with Crippen molar-refractivity contribution in [3.8, 4) is 5.75 Å². The molecule has 1 aliphatic carbocycles. The Balaban J connectivity index is 1.57. The van der Waals surface area contributed by atoms with Gasteiger partial charge in [0.15, 0.2) is 0 Å². The van der Waals surface area contributed by atoms with E-state index in [0.29, 0.717) is 6.10 Å².